The van der Waals surface area contributed by atoms with Crippen molar-refractivity contribution in [3.8, 4) is 0 Å². The Hall–Kier alpha value is -1.62. The Morgan fingerprint density at radius 3 is 2.73 bits per heavy atom. The first-order chi connectivity index (χ1) is 10.4. The second kappa shape index (κ2) is 5.54. The number of carbonyl (C=O) groups is 1. The molecule has 3 rings (SSSR count). The van der Waals surface area contributed by atoms with Crippen LogP contribution in [0.3, 0.4) is 0 Å². The minimum Gasteiger partial charge on any atom is -0.444 e. The smallest absolute Gasteiger partial charge is 0.410 e. The normalized spacial score (nSPS) is 22.0. The first-order valence-electron chi connectivity index (χ1n) is 7.92. The summed E-state index contributed by atoms with van der Waals surface area (Å²) >= 11 is 0. The van der Waals surface area contributed by atoms with Gasteiger partial charge >= 0.3 is 6.09 Å². The van der Waals surface area contributed by atoms with Gasteiger partial charge in [0, 0.05) is 30.8 Å². The molecule has 2 aliphatic heterocycles. The van der Waals surface area contributed by atoms with Gasteiger partial charge in [0.05, 0.1) is 19.3 Å². The SMILES string of the molecule is CC1c2c(C3COC3)ccnc2CCN1C(=O)OC(C)(C)C. The van der Waals surface area contributed by atoms with Crippen LogP contribution in [-0.4, -0.2) is 41.3 Å². The molecule has 5 heteroatoms. The molecule has 0 aromatic carbocycles. The van der Waals surface area contributed by atoms with Gasteiger partial charge in [-0.2, -0.15) is 0 Å². The van der Waals surface area contributed by atoms with Crippen LogP contribution in [0.2, 0.25) is 0 Å². The van der Waals surface area contributed by atoms with Crippen LogP contribution in [-0.2, 0) is 15.9 Å². The number of carbonyl (C=O) groups excluding carboxylic acids is 1. The van der Waals surface area contributed by atoms with Crippen molar-refractivity contribution in [3.63, 3.8) is 0 Å². The number of hydrogen-bond acceptors (Lipinski definition) is 4. The van der Waals surface area contributed by atoms with Crippen LogP contribution >= 0.6 is 0 Å². The van der Waals surface area contributed by atoms with Crippen molar-refractivity contribution in [3.05, 3.63) is 29.1 Å². The third-order valence-electron chi connectivity index (χ3n) is 4.29. The highest BCUT2D eigenvalue weighted by Gasteiger charge is 2.35. The molecule has 0 aliphatic carbocycles. The Balaban J connectivity index is 1.88. The molecule has 1 aromatic rings. The molecule has 1 atom stereocenters. The molecule has 1 unspecified atom stereocenters. The summed E-state index contributed by atoms with van der Waals surface area (Å²) in [5.74, 6) is 0.429. The largest absolute Gasteiger partial charge is 0.444 e. The Morgan fingerprint density at radius 1 is 1.41 bits per heavy atom. The summed E-state index contributed by atoms with van der Waals surface area (Å²) in [6.45, 7) is 9.92. The number of ether oxygens (including phenoxy) is 2. The fourth-order valence-electron chi connectivity index (χ4n) is 3.13. The predicted molar refractivity (Wildman–Crippen MR) is 82.9 cm³/mol. The van der Waals surface area contributed by atoms with Gasteiger partial charge in [-0.05, 0) is 44.9 Å². The fourth-order valence-corrected chi connectivity index (χ4v) is 3.13. The predicted octanol–water partition coefficient (Wildman–Crippen LogP) is 3.05. The third-order valence-corrected chi connectivity index (χ3v) is 4.29. The molecule has 0 spiro atoms. The van der Waals surface area contributed by atoms with Gasteiger partial charge in [0.25, 0.3) is 0 Å². The van der Waals surface area contributed by atoms with Gasteiger partial charge in [-0.25, -0.2) is 4.79 Å². The van der Waals surface area contributed by atoms with E-state index in [4.69, 9.17) is 9.47 Å². The van der Waals surface area contributed by atoms with Crippen LogP contribution in [0.5, 0.6) is 0 Å². The van der Waals surface area contributed by atoms with Crippen molar-refractivity contribution in [2.75, 3.05) is 19.8 Å². The highest BCUT2D eigenvalue weighted by molar-refractivity contribution is 5.69. The van der Waals surface area contributed by atoms with Crippen LogP contribution in [0.1, 0.15) is 56.5 Å². The van der Waals surface area contributed by atoms with E-state index in [1.165, 1.54) is 11.1 Å². The van der Waals surface area contributed by atoms with Gasteiger partial charge in [-0.15, -0.1) is 0 Å². The van der Waals surface area contributed by atoms with E-state index in [0.717, 1.165) is 25.3 Å². The van der Waals surface area contributed by atoms with E-state index in [0.29, 0.717) is 12.5 Å². The number of pyridine rings is 1. The van der Waals surface area contributed by atoms with E-state index in [2.05, 4.69) is 18.0 Å². The van der Waals surface area contributed by atoms with E-state index in [9.17, 15) is 4.79 Å². The molecular formula is C17H24N2O3. The molecule has 2 aliphatic rings. The van der Waals surface area contributed by atoms with Crippen molar-refractivity contribution in [1.29, 1.82) is 0 Å². The Kier molecular flexibility index (Phi) is 3.85. The fraction of sp³-hybridized carbons (Fsp3) is 0.647. The highest BCUT2D eigenvalue weighted by Crippen LogP contribution is 2.37. The Bertz CT molecular complexity index is 576. The Labute approximate surface area is 131 Å². The molecule has 1 aromatic heterocycles. The minimum atomic E-state index is -0.476. The molecule has 0 bridgehead atoms. The lowest BCUT2D eigenvalue weighted by Gasteiger charge is -2.39. The quantitative estimate of drug-likeness (QED) is 0.800. The first-order valence-corrected chi connectivity index (χ1v) is 7.92. The molecule has 1 amide bonds. The molecule has 3 heterocycles. The van der Waals surface area contributed by atoms with E-state index in [1.807, 2.05) is 31.9 Å². The molecule has 0 N–H and O–H groups in total. The van der Waals surface area contributed by atoms with E-state index < -0.39 is 5.60 Å². The molecule has 1 saturated heterocycles. The standard InChI is InChI=1S/C17H24N2O3/c1-11-15-13(12-9-21-10-12)5-7-18-14(15)6-8-19(11)16(20)22-17(2,3)4/h5,7,11-12H,6,8-10H2,1-4H3. The third kappa shape index (κ3) is 2.82. The summed E-state index contributed by atoms with van der Waals surface area (Å²) in [5.41, 5.74) is 3.10. The maximum atomic E-state index is 12.5. The molecule has 0 saturated carbocycles. The molecule has 0 radical (unpaired) electrons. The van der Waals surface area contributed by atoms with Crippen LogP contribution in [0, 0.1) is 0 Å². The van der Waals surface area contributed by atoms with Crippen molar-refractivity contribution in [1.82, 2.24) is 9.88 Å². The van der Waals surface area contributed by atoms with Gasteiger partial charge < -0.3 is 14.4 Å². The number of hydrogen-bond donors (Lipinski definition) is 0. The second-order valence-corrected chi connectivity index (χ2v) is 7.09. The van der Waals surface area contributed by atoms with Gasteiger partial charge in [0.1, 0.15) is 5.60 Å². The first kappa shape index (κ1) is 15.3. The lowest BCUT2D eigenvalue weighted by atomic mass is 9.86. The number of aromatic nitrogens is 1. The van der Waals surface area contributed by atoms with Crippen molar-refractivity contribution >= 4 is 6.09 Å². The zero-order chi connectivity index (χ0) is 15.9. The van der Waals surface area contributed by atoms with E-state index in [1.54, 1.807) is 0 Å². The van der Waals surface area contributed by atoms with E-state index in [-0.39, 0.29) is 12.1 Å². The van der Waals surface area contributed by atoms with Gasteiger partial charge in [-0.1, -0.05) is 0 Å². The lowest BCUT2D eigenvalue weighted by Crippen LogP contribution is -2.43. The van der Waals surface area contributed by atoms with Crippen molar-refractivity contribution < 1.29 is 14.3 Å². The van der Waals surface area contributed by atoms with Crippen molar-refractivity contribution in [2.24, 2.45) is 0 Å². The number of amides is 1. The average Bonchev–Trinajstić information content (AvgIpc) is 2.35. The van der Waals surface area contributed by atoms with Crippen LogP contribution in [0.4, 0.5) is 4.79 Å². The van der Waals surface area contributed by atoms with E-state index >= 15 is 0 Å². The lowest BCUT2D eigenvalue weighted by molar-refractivity contribution is 0.00533. The highest BCUT2D eigenvalue weighted by atomic mass is 16.6. The molecule has 120 valence electrons. The van der Waals surface area contributed by atoms with Crippen molar-refractivity contribution in [2.45, 2.75) is 51.7 Å². The number of fused-ring (bicyclic) bond motifs is 1. The van der Waals surface area contributed by atoms with Crippen LogP contribution in [0.25, 0.3) is 0 Å². The summed E-state index contributed by atoms with van der Waals surface area (Å²) in [6.07, 6.45) is 2.41. The second-order valence-electron chi connectivity index (χ2n) is 7.09. The maximum Gasteiger partial charge on any atom is 0.410 e. The maximum absolute atomic E-state index is 12.5. The van der Waals surface area contributed by atoms with Gasteiger partial charge in [0.15, 0.2) is 0 Å². The average molecular weight is 304 g/mol. The summed E-state index contributed by atoms with van der Waals surface area (Å²) in [7, 11) is 0. The van der Waals surface area contributed by atoms with Gasteiger partial charge in [0.2, 0.25) is 0 Å². The topological polar surface area (TPSA) is 51.7 Å². The summed E-state index contributed by atoms with van der Waals surface area (Å²) < 4.78 is 10.9. The monoisotopic (exact) mass is 304 g/mol. The summed E-state index contributed by atoms with van der Waals surface area (Å²) in [6, 6.07) is 2.06. The Morgan fingerprint density at radius 2 is 2.14 bits per heavy atom. The molecule has 22 heavy (non-hydrogen) atoms. The number of rotatable bonds is 1. The molecular weight excluding hydrogens is 280 g/mol. The summed E-state index contributed by atoms with van der Waals surface area (Å²) in [4.78, 5) is 18.8. The molecule has 1 fully saturated rings. The number of nitrogens with zero attached hydrogens (tertiary/aromatic N) is 2. The zero-order valence-corrected chi connectivity index (χ0v) is 13.8. The zero-order valence-electron chi connectivity index (χ0n) is 13.8. The minimum absolute atomic E-state index is 0.0112. The summed E-state index contributed by atoms with van der Waals surface area (Å²) in [5, 5.41) is 0. The van der Waals surface area contributed by atoms with Gasteiger partial charge in [-0.3, -0.25) is 4.98 Å². The molecule has 5 nitrogen and oxygen atoms in total. The van der Waals surface area contributed by atoms with Crippen LogP contribution < -0.4 is 0 Å². The van der Waals surface area contributed by atoms with Crippen LogP contribution in [0.15, 0.2) is 12.3 Å².